The average Bonchev–Trinajstić information content (AvgIpc) is 2.38. The molecule has 1 aliphatic heterocycles. The summed E-state index contributed by atoms with van der Waals surface area (Å²) >= 11 is 0. The van der Waals surface area contributed by atoms with Gasteiger partial charge in [-0.1, -0.05) is 11.8 Å². The van der Waals surface area contributed by atoms with E-state index < -0.39 is 0 Å². The molecule has 0 radical (unpaired) electrons. The van der Waals surface area contributed by atoms with Crippen LogP contribution >= 0.6 is 0 Å². The van der Waals surface area contributed by atoms with Gasteiger partial charge in [-0.15, -0.1) is 0 Å². The van der Waals surface area contributed by atoms with E-state index in [0.29, 0.717) is 11.6 Å². The topological polar surface area (TPSA) is 27.0 Å². The summed E-state index contributed by atoms with van der Waals surface area (Å²) in [7, 11) is 2.14. The molecule has 1 aliphatic rings. The molecule has 1 saturated heterocycles. The Morgan fingerprint density at radius 1 is 1.18 bits per heavy atom. The maximum Gasteiger partial charge on any atom is 0.0991 e. The highest BCUT2D eigenvalue weighted by atomic mass is 15.1. The van der Waals surface area contributed by atoms with E-state index in [1.807, 2.05) is 24.3 Å². The SMILES string of the molecule is CN1CCCC[C@@H]1C#Cc1ccc(C#N)cc1. The minimum absolute atomic E-state index is 0.388. The van der Waals surface area contributed by atoms with Gasteiger partial charge in [0, 0.05) is 5.56 Å². The van der Waals surface area contributed by atoms with Gasteiger partial charge in [0.05, 0.1) is 17.7 Å². The molecule has 2 nitrogen and oxygen atoms in total. The van der Waals surface area contributed by atoms with Crippen molar-refractivity contribution in [2.45, 2.75) is 25.3 Å². The molecule has 2 heteroatoms. The van der Waals surface area contributed by atoms with Crippen LogP contribution in [0.25, 0.3) is 0 Å². The van der Waals surface area contributed by atoms with Gasteiger partial charge >= 0.3 is 0 Å². The van der Waals surface area contributed by atoms with Crippen molar-refractivity contribution in [1.29, 1.82) is 5.26 Å². The van der Waals surface area contributed by atoms with Crippen molar-refractivity contribution in [2.24, 2.45) is 0 Å². The van der Waals surface area contributed by atoms with Gasteiger partial charge in [0.2, 0.25) is 0 Å². The van der Waals surface area contributed by atoms with E-state index in [2.05, 4.69) is 29.9 Å². The molecule has 1 heterocycles. The molecule has 0 spiro atoms. The van der Waals surface area contributed by atoms with E-state index in [1.165, 1.54) is 19.3 Å². The number of hydrogen-bond acceptors (Lipinski definition) is 2. The largest absolute Gasteiger partial charge is 0.293 e. The third-order valence-electron chi connectivity index (χ3n) is 3.17. The second-order valence-corrected chi connectivity index (χ2v) is 4.45. The number of hydrogen-bond donors (Lipinski definition) is 0. The summed E-state index contributed by atoms with van der Waals surface area (Å²) < 4.78 is 0. The Hall–Kier alpha value is -1.77. The molecule has 86 valence electrons. The summed E-state index contributed by atoms with van der Waals surface area (Å²) in [6.07, 6.45) is 3.72. The van der Waals surface area contributed by atoms with Crippen LogP contribution in [-0.2, 0) is 0 Å². The summed E-state index contributed by atoms with van der Waals surface area (Å²) in [6.45, 7) is 1.15. The smallest absolute Gasteiger partial charge is 0.0991 e. The zero-order chi connectivity index (χ0) is 12.1. The van der Waals surface area contributed by atoms with Crippen LogP contribution in [0.15, 0.2) is 24.3 Å². The van der Waals surface area contributed by atoms with Gasteiger partial charge in [-0.25, -0.2) is 0 Å². The summed E-state index contributed by atoms with van der Waals surface area (Å²) in [5.41, 5.74) is 1.67. The van der Waals surface area contributed by atoms with Crippen molar-refractivity contribution in [3.8, 4) is 17.9 Å². The summed E-state index contributed by atoms with van der Waals surface area (Å²) in [5, 5.41) is 8.70. The summed E-state index contributed by atoms with van der Waals surface area (Å²) in [5.74, 6) is 6.51. The summed E-state index contributed by atoms with van der Waals surface area (Å²) in [6, 6.07) is 9.95. The fourth-order valence-corrected chi connectivity index (χ4v) is 2.05. The number of nitriles is 1. The zero-order valence-corrected chi connectivity index (χ0v) is 10.1. The molecule has 0 saturated carbocycles. The first kappa shape index (κ1) is 11.7. The number of piperidine rings is 1. The Labute approximate surface area is 103 Å². The first-order chi connectivity index (χ1) is 8.29. The van der Waals surface area contributed by atoms with Crippen LogP contribution in [0, 0.1) is 23.2 Å². The van der Waals surface area contributed by atoms with Crippen molar-refractivity contribution in [3.05, 3.63) is 35.4 Å². The lowest BCUT2D eigenvalue weighted by atomic mass is 10.0. The van der Waals surface area contributed by atoms with Gasteiger partial charge < -0.3 is 0 Å². The highest BCUT2D eigenvalue weighted by molar-refractivity contribution is 5.40. The normalized spacial score (nSPS) is 20.1. The molecule has 0 N–H and O–H groups in total. The Morgan fingerprint density at radius 2 is 1.88 bits per heavy atom. The molecule has 0 unspecified atom stereocenters. The Kier molecular flexibility index (Phi) is 3.81. The lowest BCUT2D eigenvalue weighted by Crippen LogP contribution is -2.34. The van der Waals surface area contributed by atoms with Crippen molar-refractivity contribution in [1.82, 2.24) is 4.90 Å². The summed E-state index contributed by atoms with van der Waals surface area (Å²) in [4.78, 5) is 2.32. The second-order valence-electron chi connectivity index (χ2n) is 4.45. The molecule has 0 bridgehead atoms. The van der Waals surface area contributed by atoms with Gasteiger partial charge in [0.15, 0.2) is 0 Å². The van der Waals surface area contributed by atoms with Gasteiger partial charge in [0.25, 0.3) is 0 Å². The molecular formula is C15H16N2. The maximum atomic E-state index is 8.70. The lowest BCUT2D eigenvalue weighted by molar-refractivity contribution is 0.229. The van der Waals surface area contributed by atoms with Crippen LogP contribution in [-0.4, -0.2) is 24.5 Å². The second kappa shape index (κ2) is 5.53. The molecule has 0 aliphatic carbocycles. The Morgan fingerprint density at radius 3 is 2.53 bits per heavy atom. The fraction of sp³-hybridized carbons (Fsp3) is 0.400. The van der Waals surface area contributed by atoms with Crippen molar-refractivity contribution >= 4 is 0 Å². The van der Waals surface area contributed by atoms with Crippen LogP contribution in [0.4, 0.5) is 0 Å². The van der Waals surface area contributed by atoms with Crippen LogP contribution < -0.4 is 0 Å². The first-order valence-corrected chi connectivity index (χ1v) is 6.01. The number of rotatable bonds is 0. The highest BCUT2D eigenvalue weighted by Crippen LogP contribution is 2.14. The molecule has 1 fully saturated rings. The standard InChI is InChI=1S/C15H16N2/c1-17-11-3-2-4-15(17)10-9-13-5-7-14(12-16)8-6-13/h5-8,15H,2-4,11H2,1H3/t15-/m1/s1. The first-order valence-electron chi connectivity index (χ1n) is 6.01. The van der Waals surface area contributed by atoms with E-state index in [0.717, 1.165) is 12.1 Å². The monoisotopic (exact) mass is 224 g/mol. The van der Waals surface area contributed by atoms with Crippen molar-refractivity contribution in [3.63, 3.8) is 0 Å². The molecule has 0 aromatic heterocycles. The van der Waals surface area contributed by atoms with Crippen LogP contribution in [0.3, 0.4) is 0 Å². The minimum atomic E-state index is 0.388. The molecule has 17 heavy (non-hydrogen) atoms. The van der Waals surface area contributed by atoms with Gasteiger partial charge in [0.1, 0.15) is 0 Å². The predicted molar refractivity (Wildman–Crippen MR) is 68.3 cm³/mol. The fourth-order valence-electron chi connectivity index (χ4n) is 2.05. The van der Waals surface area contributed by atoms with Crippen molar-refractivity contribution in [2.75, 3.05) is 13.6 Å². The van der Waals surface area contributed by atoms with E-state index in [-0.39, 0.29) is 0 Å². The Bertz CT molecular complexity index is 470. The minimum Gasteiger partial charge on any atom is -0.293 e. The molecular weight excluding hydrogens is 208 g/mol. The highest BCUT2D eigenvalue weighted by Gasteiger charge is 2.15. The molecule has 0 amide bonds. The van der Waals surface area contributed by atoms with E-state index >= 15 is 0 Å². The van der Waals surface area contributed by atoms with Gasteiger partial charge in [-0.2, -0.15) is 5.26 Å². The van der Waals surface area contributed by atoms with E-state index in [1.54, 1.807) is 0 Å². The van der Waals surface area contributed by atoms with Crippen LogP contribution in [0.1, 0.15) is 30.4 Å². The zero-order valence-electron chi connectivity index (χ0n) is 10.1. The third-order valence-corrected chi connectivity index (χ3v) is 3.17. The van der Waals surface area contributed by atoms with Crippen molar-refractivity contribution < 1.29 is 0 Å². The average molecular weight is 224 g/mol. The van der Waals surface area contributed by atoms with Gasteiger partial charge in [-0.3, -0.25) is 4.90 Å². The number of nitrogens with zero attached hydrogens (tertiary/aromatic N) is 2. The lowest BCUT2D eigenvalue weighted by Gasteiger charge is -2.28. The number of benzene rings is 1. The molecule has 1 atom stereocenters. The molecule has 1 aromatic carbocycles. The quantitative estimate of drug-likeness (QED) is 0.633. The third kappa shape index (κ3) is 3.09. The van der Waals surface area contributed by atoms with E-state index in [4.69, 9.17) is 5.26 Å². The molecule has 2 rings (SSSR count). The maximum absolute atomic E-state index is 8.70. The Balaban J connectivity index is 2.07. The predicted octanol–water partition coefficient (Wildman–Crippen LogP) is 2.39. The molecule has 1 aromatic rings. The van der Waals surface area contributed by atoms with Crippen LogP contribution in [0.5, 0.6) is 0 Å². The van der Waals surface area contributed by atoms with E-state index in [9.17, 15) is 0 Å². The van der Waals surface area contributed by atoms with Crippen LogP contribution in [0.2, 0.25) is 0 Å². The van der Waals surface area contributed by atoms with Gasteiger partial charge in [-0.05, 0) is 57.1 Å². The number of likely N-dealkylation sites (tertiary alicyclic amines) is 1.